The molecule has 1 aromatic heterocycles. The zero-order valence-electron chi connectivity index (χ0n) is 17.9. The first-order chi connectivity index (χ1) is 15.8. The van der Waals surface area contributed by atoms with Gasteiger partial charge in [0.25, 0.3) is 0 Å². The number of methoxy groups -OCH3 is 1. The third-order valence-corrected chi connectivity index (χ3v) is 5.58. The minimum atomic E-state index is -1.39. The first-order valence-electron chi connectivity index (χ1n) is 10.2. The van der Waals surface area contributed by atoms with Crippen LogP contribution in [0.25, 0.3) is 11.3 Å². The van der Waals surface area contributed by atoms with Crippen LogP contribution in [0.5, 0.6) is 11.5 Å². The summed E-state index contributed by atoms with van der Waals surface area (Å²) in [7, 11) is 1.60. The van der Waals surface area contributed by atoms with E-state index in [9.17, 15) is 19.1 Å². The first kappa shape index (κ1) is 22.8. The van der Waals surface area contributed by atoms with Gasteiger partial charge in [-0.15, -0.1) is 0 Å². The van der Waals surface area contributed by atoms with Gasteiger partial charge in [-0.05, 0) is 24.6 Å². The quantitative estimate of drug-likeness (QED) is 0.502. The number of benzene rings is 2. The summed E-state index contributed by atoms with van der Waals surface area (Å²) < 4.78 is 33.2. The van der Waals surface area contributed by atoms with Crippen LogP contribution in [-0.2, 0) is 4.74 Å². The van der Waals surface area contributed by atoms with Crippen LogP contribution in [0.1, 0.15) is 34.1 Å². The van der Waals surface area contributed by atoms with E-state index in [0.29, 0.717) is 42.4 Å². The van der Waals surface area contributed by atoms with E-state index in [4.69, 9.17) is 25.8 Å². The van der Waals surface area contributed by atoms with Gasteiger partial charge in [-0.25, -0.2) is 9.18 Å². The van der Waals surface area contributed by atoms with Crippen LogP contribution in [0.3, 0.4) is 0 Å². The van der Waals surface area contributed by atoms with Gasteiger partial charge in [0.05, 0.1) is 17.3 Å². The third-order valence-electron chi connectivity index (χ3n) is 5.28. The van der Waals surface area contributed by atoms with E-state index < -0.39 is 29.0 Å². The maximum atomic E-state index is 14.9. The average molecular weight is 474 g/mol. The second-order valence-electron chi connectivity index (χ2n) is 7.62. The van der Waals surface area contributed by atoms with Crippen molar-refractivity contribution in [3.8, 4) is 22.8 Å². The highest BCUT2D eigenvalue weighted by molar-refractivity contribution is 6.32. The number of halogens is 2. The summed E-state index contributed by atoms with van der Waals surface area (Å²) >= 11 is 6.40. The van der Waals surface area contributed by atoms with E-state index >= 15 is 0 Å². The molecular weight excluding hydrogens is 453 g/mol. The van der Waals surface area contributed by atoms with Crippen molar-refractivity contribution in [3.05, 3.63) is 80.3 Å². The van der Waals surface area contributed by atoms with E-state index in [1.54, 1.807) is 38.3 Å². The molecular formula is C24H21ClFNO6. The minimum Gasteiger partial charge on any atom is -0.492 e. The lowest BCUT2D eigenvalue weighted by molar-refractivity contribution is 0.0693. The molecule has 2 heterocycles. The van der Waals surface area contributed by atoms with E-state index in [1.165, 1.54) is 16.7 Å². The van der Waals surface area contributed by atoms with Crippen LogP contribution in [0, 0.1) is 12.7 Å². The lowest BCUT2D eigenvalue weighted by Crippen LogP contribution is -2.28. The lowest BCUT2D eigenvalue weighted by Gasteiger charge is -2.32. The van der Waals surface area contributed by atoms with Crippen molar-refractivity contribution in [3.63, 3.8) is 0 Å². The smallest absolute Gasteiger partial charge is 0.341 e. The van der Waals surface area contributed by atoms with Crippen LogP contribution in [0.15, 0.2) is 47.4 Å². The van der Waals surface area contributed by atoms with Gasteiger partial charge in [-0.1, -0.05) is 23.7 Å². The molecule has 0 spiro atoms. The molecule has 0 amide bonds. The Kier molecular flexibility index (Phi) is 6.40. The van der Waals surface area contributed by atoms with Crippen LogP contribution in [0.4, 0.5) is 4.39 Å². The summed E-state index contributed by atoms with van der Waals surface area (Å²) in [5.41, 5.74) is 0.585. The number of fused-ring (bicyclic) bond motifs is 3. The molecule has 0 bridgehead atoms. The first-order valence-corrected chi connectivity index (χ1v) is 10.6. The van der Waals surface area contributed by atoms with Crippen molar-refractivity contribution >= 4 is 17.6 Å². The highest BCUT2D eigenvalue weighted by Crippen LogP contribution is 2.45. The molecule has 33 heavy (non-hydrogen) atoms. The lowest BCUT2D eigenvalue weighted by atomic mass is 10.0. The van der Waals surface area contributed by atoms with Crippen LogP contribution < -0.4 is 14.9 Å². The zero-order valence-corrected chi connectivity index (χ0v) is 18.7. The van der Waals surface area contributed by atoms with Crippen molar-refractivity contribution in [2.45, 2.75) is 19.6 Å². The molecule has 4 rings (SSSR count). The molecule has 0 radical (unpaired) electrons. The standard InChI is InChI=1S/C24H21ClFNO6/c1-13-4-5-14(18(26)8-13)23-27-12-16(24(29)30)20(28)10-19(27)15-9-17(25)22(11-21(15)33-23)32-7-3-6-31-2/h4-5,8-12,23H,3,6-7H2,1-2H3,(H,29,30). The second-order valence-corrected chi connectivity index (χ2v) is 8.03. The number of carbonyl (C=O) groups is 1. The van der Waals surface area contributed by atoms with Gasteiger partial charge in [-0.2, -0.15) is 0 Å². The molecule has 1 unspecified atom stereocenters. The summed E-state index contributed by atoms with van der Waals surface area (Å²) in [4.78, 5) is 24.1. The highest BCUT2D eigenvalue weighted by atomic mass is 35.5. The molecule has 9 heteroatoms. The van der Waals surface area contributed by atoms with Crippen LogP contribution in [0.2, 0.25) is 5.02 Å². The summed E-state index contributed by atoms with van der Waals surface area (Å²) in [6.45, 7) is 2.64. The van der Waals surface area contributed by atoms with E-state index in [-0.39, 0.29) is 10.6 Å². The number of carboxylic acids is 1. The topological polar surface area (TPSA) is 87.0 Å². The van der Waals surface area contributed by atoms with Crippen molar-refractivity contribution in [1.29, 1.82) is 0 Å². The fourth-order valence-electron chi connectivity index (χ4n) is 3.67. The summed E-state index contributed by atoms with van der Waals surface area (Å²) in [5, 5.41) is 9.72. The van der Waals surface area contributed by atoms with Crippen molar-refractivity contribution in [2.75, 3.05) is 20.3 Å². The van der Waals surface area contributed by atoms with Crippen LogP contribution >= 0.6 is 11.6 Å². The van der Waals surface area contributed by atoms with Crippen molar-refractivity contribution < 1.29 is 28.5 Å². The Balaban J connectivity index is 1.86. The molecule has 0 aliphatic carbocycles. The monoisotopic (exact) mass is 473 g/mol. The predicted octanol–water partition coefficient (Wildman–Crippen LogP) is 4.67. The van der Waals surface area contributed by atoms with Crippen LogP contribution in [-0.4, -0.2) is 36.0 Å². The van der Waals surface area contributed by atoms with Gasteiger partial charge in [0.15, 0.2) is 5.43 Å². The maximum Gasteiger partial charge on any atom is 0.341 e. The molecule has 3 aromatic rings. The number of aryl methyl sites for hydroxylation is 1. The molecule has 1 aliphatic rings. The fourth-order valence-corrected chi connectivity index (χ4v) is 3.89. The average Bonchev–Trinajstić information content (AvgIpc) is 2.76. The largest absolute Gasteiger partial charge is 0.492 e. The summed E-state index contributed by atoms with van der Waals surface area (Å²) in [6, 6.07) is 9.02. The Hall–Kier alpha value is -3.36. The third kappa shape index (κ3) is 4.44. The number of carboxylic acid groups (broad SMARTS) is 1. The molecule has 1 atom stereocenters. The van der Waals surface area contributed by atoms with Gasteiger partial charge in [-0.3, -0.25) is 4.79 Å². The van der Waals surface area contributed by atoms with Gasteiger partial charge in [0.2, 0.25) is 6.23 Å². The predicted molar refractivity (Wildman–Crippen MR) is 120 cm³/mol. The number of hydrogen-bond acceptors (Lipinski definition) is 5. The zero-order chi connectivity index (χ0) is 23.7. The summed E-state index contributed by atoms with van der Waals surface area (Å²) in [6.07, 6.45) is 0.767. The molecule has 0 saturated heterocycles. The Bertz CT molecular complexity index is 1290. The second kappa shape index (κ2) is 9.25. The van der Waals surface area contributed by atoms with Gasteiger partial charge >= 0.3 is 5.97 Å². The van der Waals surface area contributed by atoms with Gasteiger partial charge in [0.1, 0.15) is 22.9 Å². The Morgan fingerprint density at radius 2 is 2.03 bits per heavy atom. The van der Waals surface area contributed by atoms with Gasteiger partial charge in [0, 0.05) is 49.6 Å². The maximum absolute atomic E-state index is 14.9. The molecule has 2 aromatic carbocycles. The van der Waals surface area contributed by atoms with E-state index in [1.807, 2.05) is 0 Å². The molecule has 7 nitrogen and oxygen atoms in total. The normalized spacial score (nSPS) is 14.2. The summed E-state index contributed by atoms with van der Waals surface area (Å²) in [5.74, 6) is -1.21. The molecule has 1 aliphatic heterocycles. The molecule has 0 fully saturated rings. The number of aromatic nitrogens is 1. The Labute approximate surface area is 193 Å². The Morgan fingerprint density at radius 1 is 1.24 bits per heavy atom. The number of aromatic carboxylic acids is 1. The van der Waals surface area contributed by atoms with E-state index in [0.717, 1.165) is 11.8 Å². The number of rotatable bonds is 7. The molecule has 1 N–H and O–H groups in total. The fraction of sp³-hybridized carbons (Fsp3) is 0.250. The number of hydrogen-bond donors (Lipinski definition) is 1. The van der Waals surface area contributed by atoms with E-state index in [2.05, 4.69) is 0 Å². The highest BCUT2D eigenvalue weighted by Gasteiger charge is 2.31. The number of pyridine rings is 1. The molecule has 0 saturated carbocycles. The SMILES string of the molecule is COCCCOc1cc2c(cc1Cl)-c1cc(=O)c(C(=O)O)cn1C(c1ccc(C)cc1F)O2. The van der Waals surface area contributed by atoms with Gasteiger partial charge < -0.3 is 23.9 Å². The molecule has 172 valence electrons. The number of ether oxygens (including phenoxy) is 3. The minimum absolute atomic E-state index is 0.185. The number of nitrogens with zero attached hydrogens (tertiary/aromatic N) is 1. The Morgan fingerprint density at radius 3 is 2.73 bits per heavy atom. The van der Waals surface area contributed by atoms with Crippen molar-refractivity contribution in [2.24, 2.45) is 0 Å². The van der Waals surface area contributed by atoms with Crippen molar-refractivity contribution in [1.82, 2.24) is 4.57 Å².